The van der Waals surface area contributed by atoms with Crippen LogP contribution >= 0.6 is 0 Å². The Kier molecular flexibility index (Phi) is 4.98. The van der Waals surface area contributed by atoms with Crippen LogP contribution in [-0.4, -0.2) is 33.9 Å². The van der Waals surface area contributed by atoms with E-state index < -0.39 is 11.7 Å². The van der Waals surface area contributed by atoms with Crippen molar-refractivity contribution in [3.63, 3.8) is 0 Å². The van der Waals surface area contributed by atoms with E-state index in [4.69, 9.17) is 5.73 Å². The topological polar surface area (TPSA) is 67.4 Å². The number of halogens is 3. The predicted molar refractivity (Wildman–Crippen MR) is 72.4 cm³/mol. The second-order valence-electron chi connectivity index (χ2n) is 4.96. The summed E-state index contributed by atoms with van der Waals surface area (Å²) in [6.07, 6.45) is 1.63. The van der Waals surface area contributed by atoms with Crippen LogP contribution in [0, 0.1) is 0 Å². The molecule has 1 aliphatic rings. The van der Waals surface area contributed by atoms with Gasteiger partial charge in [-0.2, -0.15) is 13.2 Å². The molecule has 1 fully saturated rings. The average Bonchev–Trinajstić information content (AvgIpc) is 2.73. The lowest BCUT2D eigenvalue weighted by molar-refractivity contribution is -0.138. The van der Waals surface area contributed by atoms with Crippen molar-refractivity contribution in [2.45, 2.75) is 38.4 Å². The molecule has 0 radical (unpaired) electrons. The van der Waals surface area contributed by atoms with Crippen LogP contribution in [0.3, 0.4) is 0 Å². The molecule has 0 bridgehead atoms. The van der Waals surface area contributed by atoms with Gasteiger partial charge in [0.15, 0.2) is 5.96 Å². The van der Waals surface area contributed by atoms with E-state index in [1.165, 1.54) is 12.8 Å². The van der Waals surface area contributed by atoms with Crippen LogP contribution in [0.25, 0.3) is 0 Å². The van der Waals surface area contributed by atoms with Gasteiger partial charge < -0.3 is 10.6 Å². The third-order valence-electron chi connectivity index (χ3n) is 3.35. The number of likely N-dealkylation sites (tertiary alicyclic amines) is 1. The molecule has 2 rings (SSSR count). The highest BCUT2D eigenvalue weighted by Crippen LogP contribution is 2.27. The number of hydrogen-bond donors (Lipinski definition) is 1. The van der Waals surface area contributed by atoms with E-state index in [1.807, 2.05) is 4.90 Å². The first-order chi connectivity index (χ1) is 9.97. The number of rotatable bonds is 2. The van der Waals surface area contributed by atoms with Crippen LogP contribution < -0.4 is 5.73 Å². The third kappa shape index (κ3) is 4.57. The Morgan fingerprint density at radius 1 is 1.14 bits per heavy atom. The summed E-state index contributed by atoms with van der Waals surface area (Å²) in [6, 6.07) is 0. The van der Waals surface area contributed by atoms with Gasteiger partial charge in [0.1, 0.15) is 12.4 Å². The standard InChI is InChI=1S/C13H18F3N5/c14-13(15,16)10-7-18-11(19-8-10)9-20-12(17)21-5-3-1-2-4-6-21/h7-8H,1-6,9H2,(H2,17,20). The molecular weight excluding hydrogens is 283 g/mol. The summed E-state index contributed by atoms with van der Waals surface area (Å²) in [5, 5.41) is 0. The van der Waals surface area contributed by atoms with Crippen molar-refractivity contribution >= 4 is 5.96 Å². The molecule has 5 nitrogen and oxygen atoms in total. The first-order valence-corrected chi connectivity index (χ1v) is 6.90. The van der Waals surface area contributed by atoms with E-state index >= 15 is 0 Å². The first kappa shape index (κ1) is 15.5. The van der Waals surface area contributed by atoms with Crippen molar-refractivity contribution in [2.24, 2.45) is 10.7 Å². The molecule has 0 aromatic carbocycles. The van der Waals surface area contributed by atoms with Gasteiger partial charge in [-0.15, -0.1) is 0 Å². The second kappa shape index (κ2) is 6.73. The molecule has 0 atom stereocenters. The zero-order chi connectivity index (χ0) is 15.3. The first-order valence-electron chi connectivity index (χ1n) is 6.90. The Bertz CT molecular complexity index is 476. The molecule has 1 aliphatic heterocycles. The number of aliphatic imine (C=N–C) groups is 1. The third-order valence-corrected chi connectivity index (χ3v) is 3.35. The van der Waals surface area contributed by atoms with Crippen LogP contribution in [0.4, 0.5) is 13.2 Å². The molecule has 0 saturated carbocycles. The summed E-state index contributed by atoms with van der Waals surface area (Å²) < 4.78 is 37.1. The van der Waals surface area contributed by atoms with Gasteiger partial charge in [-0.3, -0.25) is 0 Å². The average molecular weight is 301 g/mol. The fourth-order valence-corrected chi connectivity index (χ4v) is 2.13. The van der Waals surface area contributed by atoms with Crippen molar-refractivity contribution in [1.29, 1.82) is 0 Å². The maximum absolute atomic E-state index is 12.4. The molecular formula is C13H18F3N5. The van der Waals surface area contributed by atoms with E-state index in [1.54, 1.807) is 0 Å². The lowest BCUT2D eigenvalue weighted by atomic mass is 10.2. The monoisotopic (exact) mass is 301 g/mol. The van der Waals surface area contributed by atoms with Crippen LogP contribution in [0.1, 0.15) is 37.1 Å². The van der Waals surface area contributed by atoms with Crippen molar-refractivity contribution in [2.75, 3.05) is 13.1 Å². The molecule has 1 saturated heterocycles. The number of nitrogens with two attached hydrogens (primary N) is 1. The summed E-state index contributed by atoms with van der Waals surface area (Å²) >= 11 is 0. The summed E-state index contributed by atoms with van der Waals surface area (Å²) in [6.45, 7) is 1.81. The van der Waals surface area contributed by atoms with Crippen molar-refractivity contribution in [3.8, 4) is 0 Å². The van der Waals surface area contributed by atoms with E-state index in [0.717, 1.165) is 38.3 Å². The Morgan fingerprint density at radius 2 is 1.71 bits per heavy atom. The zero-order valence-corrected chi connectivity index (χ0v) is 11.6. The molecule has 1 aromatic rings. The second-order valence-corrected chi connectivity index (χ2v) is 4.96. The van der Waals surface area contributed by atoms with Gasteiger partial charge in [-0.25, -0.2) is 15.0 Å². The van der Waals surface area contributed by atoms with Crippen molar-refractivity contribution in [3.05, 3.63) is 23.8 Å². The van der Waals surface area contributed by atoms with Gasteiger partial charge in [0.05, 0.1) is 5.56 Å². The lowest BCUT2D eigenvalue weighted by Gasteiger charge is -2.20. The van der Waals surface area contributed by atoms with Gasteiger partial charge in [0.25, 0.3) is 0 Å². The molecule has 0 unspecified atom stereocenters. The molecule has 21 heavy (non-hydrogen) atoms. The molecule has 0 amide bonds. The number of guanidine groups is 1. The zero-order valence-electron chi connectivity index (χ0n) is 11.6. The fraction of sp³-hybridized carbons (Fsp3) is 0.615. The van der Waals surface area contributed by atoms with Crippen LogP contribution in [0.2, 0.25) is 0 Å². The highest BCUT2D eigenvalue weighted by molar-refractivity contribution is 5.78. The quantitative estimate of drug-likeness (QED) is 0.671. The largest absolute Gasteiger partial charge is 0.419 e. The molecule has 1 aromatic heterocycles. The maximum atomic E-state index is 12.4. The Labute approximate surface area is 121 Å². The van der Waals surface area contributed by atoms with Gasteiger partial charge in [0, 0.05) is 25.5 Å². The van der Waals surface area contributed by atoms with Crippen LogP contribution in [0.15, 0.2) is 17.4 Å². The predicted octanol–water partition coefficient (Wildman–Crippen LogP) is 2.19. The molecule has 0 aliphatic carbocycles. The van der Waals surface area contributed by atoms with E-state index in [0.29, 0.717) is 5.96 Å². The molecule has 8 heteroatoms. The summed E-state index contributed by atoms with van der Waals surface area (Å²) in [5.74, 6) is 0.626. The van der Waals surface area contributed by atoms with E-state index in [9.17, 15) is 13.2 Å². The summed E-state index contributed by atoms with van der Waals surface area (Å²) in [5.41, 5.74) is 5.04. The molecule has 2 N–H and O–H groups in total. The minimum absolute atomic E-state index is 0.0838. The molecule has 0 spiro atoms. The van der Waals surface area contributed by atoms with Crippen LogP contribution in [0.5, 0.6) is 0 Å². The Morgan fingerprint density at radius 3 is 2.24 bits per heavy atom. The van der Waals surface area contributed by atoms with Crippen molar-refractivity contribution < 1.29 is 13.2 Å². The number of nitrogens with zero attached hydrogens (tertiary/aromatic N) is 4. The fourth-order valence-electron chi connectivity index (χ4n) is 2.13. The minimum atomic E-state index is -4.42. The van der Waals surface area contributed by atoms with Crippen LogP contribution in [-0.2, 0) is 12.7 Å². The number of aromatic nitrogens is 2. The Hall–Kier alpha value is -1.86. The van der Waals surface area contributed by atoms with E-state index in [2.05, 4.69) is 15.0 Å². The summed E-state index contributed by atoms with van der Waals surface area (Å²) in [7, 11) is 0. The molecule has 2 heterocycles. The summed E-state index contributed by atoms with van der Waals surface area (Å²) in [4.78, 5) is 13.5. The van der Waals surface area contributed by atoms with Gasteiger partial charge in [-0.1, -0.05) is 12.8 Å². The number of hydrogen-bond acceptors (Lipinski definition) is 3. The minimum Gasteiger partial charge on any atom is -0.370 e. The lowest BCUT2D eigenvalue weighted by Crippen LogP contribution is -2.38. The van der Waals surface area contributed by atoms with Gasteiger partial charge >= 0.3 is 6.18 Å². The molecule has 116 valence electrons. The normalized spacial score (nSPS) is 17.7. The maximum Gasteiger partial charge on any atom is 0.419 e. The smallest absolute Gasteiger partial charge is 0.370 e. The van der Waals surface area contributed by atoms with Gasteiger partial charge in [0.2, 0.25) is 0 Å². The van der Waals surface area contributed by atoms with E-state index in [-0.39, 0.29) is 12.4 Å². The highest BCUT2D eigenvalue weighted by atomic mass is 19.4. The number of alkyl halides is 3. The highest BCUT2D eigenvalue weighted by Gasteiger charge is 2.31. The Balaban J connectivity index is 1.96. The van der Waals surface area contributed by atoms with Gasteiger partial charge in [-0.05, 0) is 12.8 Å². The SMILES string of the molecule is NC(=NCc1ncc(C(F)(F)F)cn1)N1CCCCCC1. The van der Waals surface area contributed by atoms with Crippen molar-refractivity contribution in [1.82, 2.24) is 14.9 Å².